The Kier molecular flexibility index (Phi) is 3.71. The number of anilines is 1. The molecular weight excluding hydrogens is 245 g/mol. The van der Waals surface area contributed by atoms with Gasteiger partial charge >= 0.3 is 0 Å². The number of aldehydes is 1. The molecule has 19 heavy (non-hydrogen) atoms. The summed E-state index contributed by atoms with van der Waals surface area (Å²) in [4.78, 5) is 22.5. The minimum Gasteiger partial charge on any atom is -0.322 e. The maximum atomic E-state index is 13.1. The van der Waals surface area contributed by atoms with E-state index in [-0.39, 0.29) is 5.91 Å². The Morgan fingerprint density at radius 2 is 1.84 bits per heavy atom. The van der Waals surface area contributed by atoms with Gasteiger partial charge in [0.2, 0.25) is 0 Å². The molecule has 3 nitrogen and oxygen atoms in total. The SMILES string of the molecule is Cc1ccc(F)cc1C(=O)Nc1ccc(C=O)cc1. The topological polar surface area (TPSA) is 46.2 Å². The summed E-state index contributed by atoms with van der Waals surface area (Å²) in [5.74, 6) is -0.831. The molecule has 2 rings (SSSR count). The molecule has 0 unspecified atom stereocenters. The van der Waals surface area contributed by atoms with Gasteiger partial charge in [-0.05, 0) is 48.9 Å². The van der Waals surface area contributed by atoms with E-state index in [4.69, 9.17) is 0 Å². The van der Waals surface area contributed by atoms with Crippen LogP contribution in [0.1, 0.15) is 26.3 Å². The average Bonchev–Trinajstić information content (AvgIpc) is 2.42. The first-order valence-electron chi connectivity index (χ1n) is 5.73. The Bertz CT molecular complexity index is 621. The summed E-state index contributed by atoms with van der Waals surface area (Å²) in [5.41, 5.74) is 2.07. The van der Waals surface area contributed by atoms with Crippen LogP contribution in [-0.2, 0) is 0 Å². The van der Waals surface area contributed by atoms with Crippen LogP contribution in [-0.4, -0.2) is 12.2 Å². The molecule has 2 aromatic carbocycles. The monoisotopic (exact) mass is 257 g/mol. The molecule has 96 valence electrons. The molecule has 0 aliphatic rings. The fourth-order valence-corrected chi connectivity index (χ4v) is 1.68. The summed E-state index contributed by atoms with van der Waals surface area (Å²) < 4.78 is 13.1. The molecule has 1 amide bonds. The maximum Gasteiger partial charge on any atom is 0.256 e. The molecule has 4 heteroatoms. The fraction of sp³-hybridized carbons (Fsp3) is 0.0667. The standard InChI is InChI=1S/C15H12FNO2/c1-10-2-5-12(16)8-14(10)15(19)17-13-6-3-11(9-18)4-7-13/h2-9H,1H3,(H,17,19). The molecule has 0 heterocycles. The van der Waals surface area contributed by atoms with Crippen LogP contribution in [0.15, 0.2) is 42.5 Å². The van der Waals surface area contributed by atoms with E-state index < -0.39 is 5.82 Å². The highest BCUT2D eigenvalue weighted by Crippen LogP contribution is 2.14. The second-order valence-corrected chi connectivity index (χ2v) is 4.15. The van der Waals surface area contributed by atoms with Gasteiger partial charge in [-0.15, -0.1) is 0 Å². The van der Waals surface area contributed by atoms with Crippen molar-refractivity contribution in [1.29, 1.82) is 0 Å². The van der Waals surface area contributed by atoms with E-state index in [1.54, 1.807) is 37.3 Å². The normalized spacial score (nSPS) is 10.0. The van der Waals surface area contributed by atoms with Crippen LogP contribution in [0.3, 0.4) is 0 Å². The van der Waals surface area contributed by atoms with E-state index >= 15 is 0 Å². The zero-order valence-corrected chi connectivity index (χ0v) is 10.3. The fourth-order valence-electron chi connectivity index (χ4n) is 1.68. The third-order valence-corrected chi connectivity index (χ3v) is 2.75. The summed E-state index contributed by atoms with van der Waals surface area (Å²) >= 11 is 0. The van der Waals surface area contributed by atoms with Crippen molar-refractivity contribution in [2.24, 2.45) is 0 Å². The molecule has 1 N–H and O–H groups in total. The molecule has 0 atom stereocenters. The Hall–Kier alpha value is -2.49. The first-order valence-corrected chi connectivity index (χ1v) is 5.73. The number of aryl methyl sites for hydroxylation is 1. The van der Waals surface area contributed by atoms with Gasteiger partial charge in [-0.1, -0.05) is 6.07 Å². The highest BCUT2D eigenvalue weighted by atomic mass is 19.1. The smallest absolute Gasteiger partial charge is 0.256 e. The van der Waals surface area contributed by atoms with Gasteiger partial charge in [-0.25, -0.2) is 4.39 Å². The number of amides is 1. The van der Waals surface area contributed by atoms with Crippen LogP contribution in [0.25, 0.3) is 0 Å². The maximum absolute atomic E-state index is 13.1. The molecular formula is C15H12FNO2. The Morgan fingerprint density at radius 3 is 2.47 bits per heavy atom. The zero-order chi connectivity index (χ0) is 13.8. The van der Waals surface area contributed by atoms with E-state index in [1.807, 2.05) is 0 Å². The number of carbonyl (C=O) groups excluding carboxylic acids is 2. The summed E-state index contributed by atoms with van der Waals surface area (Å²) in [6.45, 7) is 1.74. The molecule has 0 spiro atoms. The molecule has 0 aromatic heterocycles. The quantitative estimate of drug-likeness (QED) is 0.858. The molecule has 2 aromatic rings. The molecule has 0 saturated heterocycles. The second kappa shape index (κ2) is 5.44. The highest BCUT2D eigenvalue weighted by Gasteiger charge is 2.10. The minimum atomic E-state index is -0.452. The lowest BCUT2D eigenvalue weighted by Gasteiger charge is -2.08. The van der Waals surface area contributed by atoms with Crippen molar-refractivity contribution < 1.29 is 14.0 Å². The van der Waals surface area contributed by atoms with Crippen molar-refractivity contribution in [3.8, 4) is 0 Å². The van der Waals surface area contributed by atoms with Crippen LogP contribution in [0.2, 0.25) is 0 Å². The number of nitrogens with one attached hydrogen (secondary N) is 1. The lowest BCUT2D eigenvalue weighted by molar-refractivity contribution is 0.102. The Labute approximate surface area is 110 Å². The van der Waals surface area contributed by atoms with Crippen molar-refractivity contribution in [1.82, 2.24) is 0 Å². The number of hydrogen-bond donors (Lipinski definition) is 1. The molecule has 0 bridgehead atoms. The summed E-state index contributed by atoms with van der Waals surface area (Å²) in [6, 6.07) is 10.5. The zero-order valence-electron chi connectivity index (χ0n) is 10.3. The van der Waals surface area contributed by atoms with Crippen molar-refractivity contribution in [3.63, 3.8) is 0 Å². The molecule has 0 saturated carbocycles. The molecule has 0 aliphatic carbocycles. The average molecular weight is 257 g/mol. The van der Waals surface area contributed by atoms with Crippen LogP contribution in [0.5, 0.6) is 0 Å². The van der Waals surface area contributed by atoms with E-state index in [2.05, 4.69) is 5.32 Å². The Balaban J connectivity index is 2.20. The third kappa shape index (κ3) is 3.04. The van der Waals surface area contributed by atoms with Crippen LogP contribution < -0.4 is 5.32 Å². The van der Waals surface area contributed by atoms with Crippen molar-refractivity contribution in [3.05, 3.63) is 65.0 Å². The lowest BCUT2D eigenvalue weighted by Crippen LogP contribution is -2.13. The predicted octanol–water partition coefficient (Wildman–Crippen LogP) is 3.20. The van der Waals surface area contributed by atoms with Gasteiger partial charge in [0.25, 0.3) is 5.91 Å². The number of rotatable bonds is 3. The van der Waals surface area contributed by atoms with Gasteiger partial charge in [0.05, 0.1) is 0 Å². The number of halogens is 1. The van der Waals surface area contributed by atoms with Gasteiger partial charge in [0.1, 0.15) is 12.1 Å². The molecule has 0 fully saturated rings. The van der Waals surface area contributed by atoms with Gasteiger partial charge in [-0.2, -0.15) is 0 Å². The van der Waals surface area contributed by atoms with Crippen molar-refractivity contribution in [2.75, 3.05) is 5.32 Å². The minimum absolute atomic E-state index is 0.291. The second-order valence-electron chi connectivity index (χ2n) is 4.15. The predicted molar refractivity (Wildman–Crippen MR) is 70.9 cm³/mol. The van der Waals surface area contributed by atoms with Gasteiger partial charge in [0.15, 0.2) is 0 Å². The summed E-state index contributed by atoms with van der Waals surface area (Å²) in [7, 11) is 0. The van der Waals surface area contributed by atoms with E-state index in [0.717, 1.165) is 6.29 Å². The van der Waals surface area contributed by atoms with E-state index in [0.29, 0.717) is 22.4 Å². The number of carbonyl (C=O) groups is 2. The Morgan fingerprint density at radius 1 is 1.16 bits per heavy atom. The summed E-state index contributed by atoms with van der Waals surface area (Å²) in [6.07, 6.45) is 0.725. The first kappa shape index (κ1) is 13.0. The van der Waals surface area contributed by atoms with Gasteiger partial charge in [-0.3, -0.25) is 9.59 Å². The molecule has 0 radical (unpaired) electrons. The summed E-state index contributed by atoms with van der Waals surface area (Å²) in [5, 5.41) is 2.66. The highest BCUT2D eigenvalue weighted by molar-refractivity contribution is 6.05. The van der Waals surface area contributed by atoms with E-state index in [1.165, 1.54) is 12.1 Å². The van der Waals surface area contributed by atoms with Gasteiger partial charge < -0.3 is 5.32 Å². The van der Waals surface area contributed by atoms with Gasteiger partial charge in [0, 0.05) is 16.8 Å². The van der Waals surface area contributed by atoms with Crippen LogP contribution in [0, 0.1) is 12.7 Å². The largest absolute Gasteiger partial charge is 0.322 e. The van der Waals surface area contributed by atoms with Crippen molar-refractivity contribution >= 4 is 17.9 Å². The first-order chi connectivity index (χ1) is 9.10. The van der Waals surface area contributed by atoms with Crippen LogP contribution >= 0.6 is 0 Å². The lowest BCUT2D eigenvalue weighted by atomic mass is 10.1. The van der Waals surface area contributed by atoms with Crippen LogP contribution in [0.4, 0.5) is 10.1 Å². The number of benzene rings is 2. The third-order valence-electron chi connectivity index (χ3n) is 2.75. The number of hydrogen-bond acceptors (Lipinski definition) is 2. The van der Waals surface area contributed by atoms with Crippen molar-refractivity contribution in [2.45, 2.75) is 6.92 Å². The van der Waals surface area contributed by atoms with E-state index in [9.17, 15) is 14.0 Å². The molecule has 0 aliphatic heterocycles.